The van der Waals surface area contributed by atoms with E-state index in [1.807, 2.05) is 6.92 Å². The third kappa shape index (κ3) is 3.29. The summed E-state index contributed by atoms with van der Waals surface area (Å²) in [5.74, 6) is 0. The molecule has 2 rings (SSSR count). The maximum absolute atomic E-state index is 12.1. The summed E-state index contributed by atoms with van der Waals surface area (Å²) in [6, 6.07) is 4.81. The SMILES string of the molecule is CCn1cnc(S(=O)(=O)Nc2ccc(Cl)cc2Br)c1. The molecule has 8 heteroatoms. The molecule has 0 radical (unpaired) electrons. The number of imidazole rings is 1. The Morgan fingerprint density at radius 1 is 1.47 bits per heavy atom. The zero-order chi connectivity index (χ0) is 14.0. The van der Waals surface area contributed by atoms with E-state index in [9.17, 15) is 8.42 Å². The number of aromatic nitrogens is 2. The molecule has 0 bridgehead atoms. The second-order valence-corrected chi connectivity index (χ2v) is 6.69. The van der Waals surface area contributed by atoms with Gasteiger partial charge in [-0.05, 0) is 41.1 Å². The number of benzene rings is 1. The zero-order valence-electron chi connectivity index (χ0n) is 9.97. The van der Waals surface area contributed by atoms with Gasteiger partial charge < -0.3 is 4.57 Å². The second-order valence-electron chi connectivity index (χ2n) is 3.77. The molecule has 0 aliphatic carbocycles. The van der Waals surface area contributed by atoms with Gasteiger partial charge in [-0.15, -0.1) is 0 Å². The topological polar surface area (TPSA) is 64.0 Å². The quantitative estimate of drug-likeness (QED) is 0.906. The van der Waals surface area contributed by atoms with Crippen molar-refractivity contribution in [2.45, 2.75) is 18.5 Å². The van der Waals surface area contributed by atoms with E-state index in [0.29, 0.717) is 21.7 Å². The predicted molar refractivity (Wildman–Crippen MR) is 77.9 cm³/mol. The van der Waals surface area contributed by atoms with Crippen LogP contribution < -0.4 is 4.72 Å². The van der Waals surface area contributed by atoms with E-state index in [4.69, 9.17) is 11.6 Å². The van der Waals surface area contributed by atoms with Gasteiger partial charge >= 0.3 is 0 Å². The average molecular weight is 365 g/mol. The number of hydrogen-bond acceptors (Lipinski definition) is 3. The van der Waals surface area contributed by atoms with Crippen LogP contribution in [0.1, 0.15) is 6.92 Å². The number of aryl methyl sites for hydroxylation is 1. The van der Waals surface area contributed by atoms with Crippen LogP contribution in [0, 0.1) is 0 Å². The van der Waals surface area contributed by atoms with Crippen molar-refractivity contribution in [2.75, 3.05) is 4.72 Å². The summed E-state index contributed by atoms with van der Waals surface area (Å²) < 4.78 is 29.0. The van der Waals surface area contributed by atoms with Gasteiger partial charge in [-0.3, -0.25) is 4.72 Å². The Labute approximate surface area is 124 Å². The van der Waals surface area contributed by atoms with Crippen LogP contribution in [0.3, 0.4) is 0 Å². The van der Waals surface area contributed by atoms with E-state index in [0.717, 1.165) is 0 Å². The summed E-state index contributed by atoms with van der Waals surface area (Å²) in [6.45, 7) is 2.56. The standard InChI is InChI=1S/C11H11BrClN3O2S/c1-2-16-6-11(14-7-16)19(17,18)15-10-4-3-8(13)5-9(10)12/h3-7,15H,2H2,1H3. The molecule has 0 unspecified atom stereocenters. The molecular weight excluding hydrogens is 354 g/mol. The van der Waals surface area contributed by atoms with Crippen molar-refractivity contribution in [1.29, 1.82) is 0 Å². The molecule has 0 fully saturated rings. The van der Waals surface area contributed by atoms with Gasteiger partial charge in [-0.2, -0.15) is 8.42 Å². The van der Waals surface area contributed by atoms with Crippen LogP contribution in [-0.2, 0) is 16.6 Å². The van der Waals surface area contributed by atoms with Crippen molar-refractivity contribution in [3.05, 3.63) is 40.2 Å². The summed E-state index contributed by atoms with van der Waals surface area (Å²) >= 11 is 9.06. The Bertz CT molecular complexity index is 700. The largest absolute Gasteiger partial charge is 0.336 e. The van der Waals surface area contributed by atoms with Gasteiger partial charge in [-0.25, -0.2) is 4.98 Å². The predicted octanol–water partition coefficient (Wildman–Crippen LogP) is 3.12. The lowest BCUT2D eigenvalue weighted by molar-refractivity contribution is 0.598. The van der Waals surface area contributed by atoms with E-state index in [2.05, 4.69) is 25.6 Å². The molecular formula is C11H11BrClN3O2S. The molecule has 1 N–H and O–H groups in total. The van der Waals surface area contributed by atoms with Crippen molar-refractivity contribution in [1.82, 2.24) is 9.55 Å². The van der Waals surface area contributed by atoms with Crippen LogP contribution in [0.2, 0.25) is 5.02 Å². The molecule has 5 nitrogen and oxygen atoms in total. The van der Waals surface area contributed by atoms with Crippen LogP contribution in [-0.4, -0.2) is 18.0 Å². The number of sulfonamides is 1. The number of anilines is 1. The Balaban J connectivity index is 2.30. The minimum absolute atomic E-state index is 0.0174. The second kappa shape index (κ2) is 5.52. The molecule has 0 aliphatic rings. The summed E-state index contributed by atoms with van der Waals surface area (Å²) in [5.41, 5.74) is 0.412. The third-order valence-corrected chi connectivity index (χ3v) is 4.57. The molecule has 1 aromatic carbocycles. The summed E-state index contributed by atoms with van der Waals surface area (Å²) in [4.78, 5) is 3.87. The van der Waals surface area contributed by atoms with Gasteiger partial charge in [0, 0.05) is 22.2 Å². The van der Waals surface area contributed by atoms with Crippen molar-refractivity contribution in [3.8, 4) is 0 Å². The maximum Gasteiger partial charge on any atom is 0.280 e. The van der Waals surface area contributed by atoms with Gasteiger partial charge in [-0.1, -0.05) is 11.6 Å². The molecule has 0 aliphatic heterocycles. The van der Waals surface area contributed by atoms with Crippen LogP contribution >= 0.6 is 27.5 Å². The first-order chi connectivity index (χ1) is 8.92. The normalized spacial score (nSPS) is 11.5. The van der Waals surface area contributed by atoms with E-state index in [1.165, 1.54) is 12.5 Å². The summed E-state index contributed by atoms with van der Waals surface area (Å²) in [7, 11) is -3.69. The molecule has 0 saturated heterocycles. The molecule has 0 atom stereocenters. The fourth-order valence-corrected chi connectivity index (χ4v) is 3.37. The average Bonchev–Trinajstić information content (AvgIpc) is 2.82. The number of rotatable bonds is 4. The van der Waals surface area contributed by atoms with Crippen LogP contribution in [0.4, 0.5) is 5.69 Å². The van der Waals surface area contributed by atoms with E-state index >= 15 is 0 Å². The molecule has 102 valence electrons. The minimum Gasteiger partial charge on any atom is -0.336 e. The van der Waals surface area contributed by atoms with Gasteiger partial charge in [0.2, 0.25) is 0 Å². The molecule has 0 saturated carbocycles. The highest BCUT2D eigenvalue weighted by Gasteiger charge is 2.18. The first-order valence-corrected chi connectivity index (χ1v) is 8.07. The van der Waals surface area contributed by atoms with E-state index in [-0.39, 0.29) is 5.03 Å². The lowest BCUT2D eigenvalue weighted by Gasteiger charge is -2.08. The monoisotopic (exact) mass is 363 g/mol. The maximum atomic E-state index is 12.1. The van der Waals surface area contributed by atoms with Gasteiger partial charge in [0.25, 0.3) is 10.0 Å². The first-order valence-electron chi connectivity index (χ1n) is 5.42. The first kappa shape index (κ1) is 14.4. The molecule has 2 aromatic rings. The van der Waals surface area contributed by atoms with Crippen LogP contribution in [0.25, 0.3) is 0 Å². The highest BCUT2D eigenvalue weighted by Crippen LogP contribution is 2.27. The van der Waals surface area contributed by atoms with Gasteiger partial charge in [0.05, 0.1) is 12.0 Å². The molecule has 1 aromatic heterocycles. The Hall–Kier alpha value is -1.05. The fourth-order valence-electron chi connectivity index (χ4n) is 1.42. The van der Waals surface area contributed by atoms with Crippen molar-refractivity contribution in [2.24, 2.45) is 0 Å². The number of halogens is 2. The van der Waals surface area contributed by atoms with E-state index in [1.54, 1.807) is 22.8 Å². The van der Waals surface area contributed by atoms with Crippen molar-refractivity contribution >= 4 is 43.2 Å². The smallest absolute Gasteiger partial charge is 0.280 e. The van der Waals surface area contributed by atoms with Crippen molar-refractivity contribution in [3.63, 3.8) is 0 Å². The number of nitrogens with zero attached hydrogens (tertiary/aromatic N) is 2. The molecule has 19 heavy (non-hydrogen) atoms. The highest BCUT2D eigenvalue weighted by atomic mass is 79.9. The summed E-state index contributed by atoms with van der Waals surface area (Å²) in [5, 5.41) is 0.501. The molecule has 0 spiro atoms. The van der Waals surface area contributed by atoms with Crippen LogP contribution in [0.5, 0.6) is 0 Å². The third-order valence-electron chi connectivity index (χ3n) is 2.43. The molecule has 1 heterocycles. The summed E-state index contributed by atoms with van der Waals surface area (Å²) in [6.07, 6.45) is 2.96. The number of nitrogens with one attached hydrogen (secondary N) is 1. The lowest BCUT2D eigenvalue weighted by atomic mass is 10.3. The van der Waals surface area contributed by atoms with Crippen molar-refractivity contribution < 1.29 is 8.42 Å². The van der Waals surface area contributed by atoms with E-state index < -0.39 is 10.0 Å². The molecule has 0 amide bonds. The van der Waals surface area contributed by atoms with Gasteiger partial charge in [0.1, 0.15) is 0 Å². The minimum atomic E-state index is -3.69. The van der Waals surface area contributed by atoms with Gasteiger partial charge in [0.15, 0.2) is 5.03 Å². The Morgan fingerprint density at radius 3 is 2.79 bits per heavy atom. The zero-order valence-corrected chi connectivity index (χ0v) is 13.1. The highest BCUT2D eigenvalue weighted by molar-refractivity contribution is 9.10. The lowest BCUT2D eigenvalue weighted by Crippen LogP contribution is -2.13. The Morgan fingerprint density at radius 2 is 2.21 bits per heavy atom. The fraction of sp³-hybridized carbons (Fsp3) is 0.182. The van der Waals surface area contributed by atoms with Crippen LogP contribution in [0.15, 0.2) is 40.2 Å². The Kier molecular flexibility index (Phi) is 4.17. The number of hydrogen-bond donors (Lipinski definition) is 1.